The number of pyridine rings is 1. The molecule has 0 fully saturated rings. The molecule has 1 atom stereocenters. The van der Waals surface area contributed by atoms with E-state index in [1.807, 2.05) is 19.2 Å². The molecule has 0 saturated heterocycles. The van der Waals surface area contributed by atoms with Gasteiger partial charge in [-0.2, -0.15) is 0 Å². The smallest absolute Gasteiger partial charge is 0.0399 e. The topological polar surface area (TPSA) is 16.1 Å². The minimum Gasteiger partial charge on any atom is -0.371 e. The van der Waals surface area contributed by atoms with Gasteiger partial charge in [-0.05, 0) is 26.0 Å². The molecule has 0 bridgehead atoms. The molecule has 0 aliphatic heterocycles. The van der Waals surface area contributed by atoms with E-state index in [1.54, 1.807) is 0 Å². The van der Waals surface area contributed by atoms with Crippen molar-refractivity contribution in [3.63, 3.8) is 0 Å². The van der Waals surface area contributed by atoms with E-state index in [2.05, 4.69) is 45.9 Å². The standard InChI is InChI=1S/C10H15BrN2/c1-8-6-10(4-5-12-8)13(3)9(2)7-11/h4-6,9H,7H2,1-3H3. The lowest BCUT2D eigenvalue weighted by Crippen LogP contribution is -2.29. The summed E-state index contributed by atoms with van der Waals surface area (Å²) in [7, 11) is 2.10. The van der Waals surface area contributed by atoms with Gasteiger partial charge in [-0.3, -0.25) is 4.98 Å². The fourth-order valence-electron chi connectivity index (χ4n) is 1.11. The molecule has 0 N–H and O–H groups in total. The van der Waals surface area contributed by atoms with Crippen molar-refractivity contribution in [1.82, 2.24) is 4.98 Å². The molecule has 1 unspecified atom stereocenters. The largest absolute Gasteiger partial charge is 0.371 e. The van der Waals surface area contributed by atoms with Crippen LogP contribution in [0.25, 0.3) is 0 Å². The average Bonchev–Trinajstić information content (AvgIpc) is 2.15. The Labute approximate surface area is 88.1 Å². The number of aryl methyl sites for hydroxylation is 1. The van der Waals surface area contributed by atoms with Gasteiger partial charge in [0.2, 0.25) is 0 Å². The Bertz CT molecular complexity index is 275. The summed E-state index contributed by atoms with van der Waals surface area (Å²) in [6.07, 6.45) is 1.85. The molecule has 1 aromatic rings. The van der Waals surface area contributed by atoms with Crippen molar-refractivity contribution < 1.29 is 0 Å². The van der Waals surface area contributed by atoms with Crippen molar-refractivity contribution in [3.05, 3.63) is 24.0 Å². The van der Waals surface area contributed by atoms with Gasteiger partial charge in [0.05, 0.1) is 0 Å². The van der Waals surface area contributed by atoms with Gasteiger partial charge >= 0.3 is 0 Å². The zero-order valence-corrected chi connectivity index (χ0v) is 9.87. The number of hydrogen-bond acceptors (Lipinski definition) is 2. The molecule has 1 aromatic heterocycles. The van der Waals surface area contributed by atoms with E-state index in [4.69, 9.17) is 0 Å². The third-order valence-corrected chi connectivity index (χ3v) is 3.11. The van der Waals surface area contributed by atoms with Crippen molar-refractivity contribution in [2.45, 2.75) is 19.9 Å². The van der Waals surface area contributed by atoms with Crippen LogP contribution in [0, 0.1) is 6.92 Å². The van der Waals surface area contributed by atoms with Crippen LogP contribution in [-0.2, 0) is 0 Å². The Morgan fingerprint density at radius 2 is 2.31 bits per heavy atom. The number of nitrogens with zero attached hydrogens (tertiary/aromatic N) is 2. The van der Waals surface area contributed by atoms with Crippen LogP contribution in [0.5, 0.6) is 0 Å². The molecule has 1 heterocycles. The van der Waals surface area contributed by atoms with Crippen LogP contribution in [0.2, 0.25) is 0 Å². The van der Waals surface area contributed by atoms with Gasteiger partial charge in [0.1, 0.15) is 0 Å². The summed E-state index contributed by atoms with van der Waals surface area (Å²) in [5.74, 6) is 0. The lowest BCUT2D eigenvalue weighted by Gasteiger charge is -2.25. The Kier molecular flexibility index (Phi) is 3.72. The summed E-state index contributed by atoms with van der Waals surface area (Å²) < 4.78 is 0. The summed E-state index contributed by atoms with van der Waals surface area (Å²) in [5, 5.41) is 0.977. The first-order valence-corrected chi connectivity index (χ1v) is 5.48. The van der Waals surface area contributed by atoms with E-state index in [0.29, 0.717) is 6.04 Å². The van der Waals surface area contributed by atoms with Gasteiger partial charge < -0.3 is 4.90 Å². The zero-order valence-electron chi connectivity index (χ0n) is 8.29. The quantitative estimate of drug-likeness (QED) is 0.758. The molecule has 13 heavy (non-hydrogen) atoms. The summed E-state index contributed by atoms with van der Waals surface area (Å²) in [6, 6.07) is 4.63. The molecular formula is C10H15BrN2. The first-order chi connectivity index (χ1) is 6.15. The zero-order chi connectivity index (χ0) is 9.84. The molecule has 0 amide bonds. The van der Waals surface area contributed by atoms with Crippen LogP contribution in [0.15, 0.2) is 18.3 Å². The van der Waals surface area contributed by atoms with Gasteiger partial charge in [0.25, 0.3) is 0 Å². The molecule has 3 heteroatoms. The minimum absolute atomic E-state index is 0.502. The second-order valence-corrected chi connectivity index (χ2v) is 3.92. The maximum absolute atomic E-state index is 4.17. The van der Waals surface area contributed by atoms with E-state index in [1.165, 1.54) is 5.69 Å². The highest BCUT2D eigenvalue weighted by Crippen LogP contribution is 2.15. The fourth-order valence-corrected chi connectivity index (χ4v) is 1.54. The van der Waals surface area contributed by atoms with Crippen LogP contribution in [-0.4, -0.2) is 23.4 Å². The molecule has 0 aliphatic carbocycles. The molecule has 0 aliphatic rings. The van der Waals surface area contributed by atoms with Gasteiger partial charge in [-0.25, -0.2) is 0 Å². The van der Waals surface area contributed by atoms with Gasteiger partial charge in [-0.1, -0.05) is 15.9 Å². The lowest BCUT2D eigenvalue weighted by molar-refractivity contribution is 0.768. The highest BCUT2D eigenvalue weighted by Gasteiger charge is 2.07. The number of aromatic nitrogens is 1. The van der Waals surface area contributed by atoms with Crippen LogP contribution >= 0.6 is 15.9 Å². The predicted octanol–water partition coefficient (Wildman–Crippen LogP) is 2.61. The summed E-state index contributed by atoms with van der Waals surface area (Å²) in [5.41, 5.74) is 2.28. The third-order valence-electron chi connectivity index (χ3n) is 2.17. The highest BCUT2D eigenvalue weighted by atomic mass is 79.9. The average molecular weight is 243 g/mol. The molecule has 0 aromatic carbocycles. The SMILES string of the molecule is Cc1cc(N(C)C(C)CBr)ccn1. The van der Waals surface area contributed by atoms with Gasteiger partial charge in [0, 0.05) is 36.0 Å². The summed E-state index contributed by atoms with van der Waals surface area (Å²) in [6.45, 7) is 4.20. The van der Waals surface area contributed by atoms with Crippen LogP contribution in [0.3, 0.4) is 0 Å². The van der Waals surface area contributed by atoms with Crippen molar-refractivity contribution in [2.24, 2.45) is 0 Å². The van der Waals surface area contributed by atoms with E-state index >= 15 is 0 Å². The molecule has 2 nitrogen and oxygen atoms in total. The monoisotopic (exact) mass is 242 g/mol. The molecule has 0 spiro atoms. The second-order valence-electron chi connectivity index (χ2n) is 3.27. The fraction of sp³-hybridized carbons (Fsp3) is 0.500. The first kappa shape index (κ1) is 10.5. The Hall–Kier alpha value is -0.570. The van der Waals surface area contributed by atoms with Crippen LogP contribution in [0.4, 0.5) is 5.69 Å². The van der Waals surface area contributed by atoms with Gasteiger partial charge in [0.15, 0.2) is 0 Å². The Morgan fingerprint density at radius 3 is 2.85 bits per heavy atom. The van der Waals surface area contributed by atoms with Gasteiger partial charge in [-0.15, -0.1) is 0 Å². The molecule has 0 radical (unpaired) electrons. The molecule has 1 rings (SSSR count). The number of alkyl halides is 1. The molecule has 72 valence electrons. The van der Waals surface area contributed by atoms with Crippen molar-refractivity contribution in [2.75, 3.05) is 17.3 Å². The Balaban J connectivity index is 2.82. The second kappa shape index (κ2) is 4.61. The number of anilines is 1. The third kappa shape index (κ3) is 2.69. The lowest BCUT2D eigenvalue weighted by atomic mass is 10.2. The number of rotatable bonds is 3. The van der Waals surface area contributed by atoms with Crippen LogP contribution < -0.4 is 4.90 Å². The predicted molar refractivity (Wildman–Crippen MR) is 60.6 cm³/mol. The first-order valence-electron chi connectivity index (χ1n) is 4.36. The maximum atomic E-state index is 4.17. The molecular weight excluding hydrogens is 228 g/mol. The normalized spacial score (nSPS) is 12.6. The Morgan fingerprint density at radius 1 is 1.62 bits per heavy atom. The van der Waals surface area contributed by atoms with E-state index in [9.17, 15) is 0 Å². The maximum Gasteiger partial charge on any atom is 0.0399 e. The van der Waals surface area contributed by atoms with Crippen molar-refractivity contribution in [1.29, 1.82) is 0 Å². The van der Waals surface area contributed by atoms with Crippen molar-refractivity contribution in [3.8, 4) is 0 Å². The summed E-state index contributed by atoms with van der Waals surface area (Å²) in [4.78, 5) is 6.41. The number of hydrogen-bond donors (Lipinski definition) is 0. The van der Waals surface area contributed by atoms with E-state index < -0.39 is 0 Å². The van der Waals surface area contributed by atoms with E-state index in [0.717, 1.165) is 11.0 Å². The summed E-state index contributed by atoms with van der Waals surface area (Å²) >= 11 is 3.47. The number of halogens is 1. The minimum atomic E-state index is 0.502. The highest BCUT2D eigenvalue weighted by molar-refractivity contribution is 9.09. The van der Waals surface area contributed by atoms with Crippen molar-refractivity contribution >= 4 is 21.6 Å². The van der Waals surface area contributed by atoms with E-state index in [-0.39, 0.29) is 0 Å². The van der Waals surface area contributed by atoms with Crippen LogP contribution in [0.1, 0.15) is 12.6 Å². The molecule has 0 saturated carbocycles.